The van der Waals surface area contributed by atoms with E-state index in [9.17, 15) is 14.0 Å². The lowest BCUT2D eigenvalue weighted by Gasteiger charge is -2.29. The maximum atomic E-state index is 13.2. The second-order valence-electron chi connectivity index (χ2n) is 7.39. The van der Waals surface area contributed by atoms with Gasteiger partial charge in [-0.25, -0.2) is 4.39 Å². The minimum absolute atomic E-state index is 0.0279. The number of nitrogens with one attached hydrogen (secondary N) is 2. The van der Waals surface area contributed by atoms with Gasteiger partial charge in [0.2, 0.25) is 11.8 Å². The Morgan fingerprint density at radius 2 is 1.52 bits per heavy atom. The van der Waals surface area contributed by atoms with Crippen molar-refractivity contribution in [3.8, 4) is 0 Å². The third-order valence-corrected chi connectivity index (χ3v) is 5.51. The van der Waals surface area contributed by atoms with Crippen molar-refractivity contribution in [2.45, 2.75) is 63.8 Å². The lowest BCUT2D eigenvalue weighted by Crippen LogP contribution is -2.41. The molecular weight excluding hydrogens is 319 g/mol. The van der Waals surface area contributed by atoms with Crippen molar-refractivity contribution in [1.82, 2.24) is 5.32 Å². The zero-order valence-electron chi connectivity index (χ0n) is 14.6. The molecule has 1 aromatic carbocycles. The number of rotatable bonds is 4. The van der Waals surface area contributed by atoms with Gasteiger partial charge >= 0.3 is 0 Å². The maximum absolute atomic E-state index is 13.2. The average molecular weight is 346 g/mol. The molecule has 0 unspecified atom stereocenters. The van der Waals surface area contributed by atoms with Gasteiger partial charge in [-0.2, -0.15) is 0 Å². The smallest absolute Gasteiger partial charge is 0.227 e. The Labute approximate surface area is 148 Å². The van der Waals surface area contributed by atoms with Crippen molar-refractivity contribution < 1.29 is 14.0 Å². The number of halogens is 1. The standard InChI is InChI=1S/C20H27FN2O2/c21-16-5-4-8-18(13-16)23-20(25)15-11-9-14(10-12-15)19(24)22-17-6-2-1-3-7-17/h4-5,8,13-15,17H,1-3,6-7,9-12H2,(H,22,24)(H,23,25). The van der Waals surface area contributed by atoms with E-state index < -0.39 is 0 Å². The largest absolute Gasteiger partial charge is 0.353 e. The van der Waals surface area contributed by atoms with E-state index in [0.717, 1.165) is 25.7 Å². The average Bonchev–Trinajstić information content (AvgIpc) is 2.62. The molecule has 2 N–H and O–H groups in total. The van der Waals surface area contributed by atoms with E-state index in [-0.39, 0.29) is 29.5 Å². The van der Waals surface area contributed by atoms with Crippen LogP contribution in [0.4, 0.5) is 10.1 Å². The SMILES string of the molecule is O=C(Nc1cccc(F)c1)C1CCC(C(=O)NC2CCCCC2)CC1. The van der Waals surface area contributed by atoms with Crippen LogP contribution in [0.3, 0.4) is 0 Å². The third kappa shape index (κ3) is 5.03. The summed E-state index contributed by atoms with van der Waals surface area (Å²) in [6, 6.07) is 6.28. The van der Waals surface area contributed by atoms with Gasteiger partial charge in [-0.05, 0) is 56.7 Å². The van der Waals surface area contributed by atoms with Crippen LogP contribution in [-0.4, -0.2) is 17.9 Å². The molecule has 0 radical (unpaired) electrons. The summed E-state index contributed by atoms with van der Waals surface area (Å²) in [6.45, 7) is 0. The molecule has 0 spiro atoms. The first kappa shape index (κ1) is 17.9. The fraction of sp³-hybridized carbons (Fsp3) is 0.600. The fourth-order valence-electron chi connectivity index (χ4n) is 3.99. The van der Waals surface area contributed by atoms with E-state index in [1.54, 1.807) is 12.1 Å². The molecule has 136 valence electrons. The first-order valence-electron chi connectivity index (χ1n) is 9.48. The van der Waals surface area contributed by atoms with E-state index in [0.29, 0.717) is 24.6 Å². The van der Waals surface area contributed by atoms with Crippen LogP contribution >= 0.6 is 0 Å². The molecule has 0 aliphatic heterocycles. The normalized spacial score (nSPS) is 24.5. The van der Waals surface area contributed by atoms with Gasteiger partial charge in [0.25, 0.3) is 0 Å². The summed E-state index contributed by atoms with van der Waals surface area (Å²) < 4.78 is 13.2. The highest BCUT2D eigenvalue weighted by Crippen LogP contribution is 2.30. The van der Waals surface area contributed by atoms with Crippen LogP contribution in [0, 0.1) is 17.7 Å². The zero-order valence-corrected chi connectivity index (χ0v) is 14.6. The van der Waals surface area contributed by atoms with Crippen LogP contribution in [0.2, 0.25) is 0 Å². The molecule has 2 aliphatic rings. The Bertz CT molecular complexity index is 605. The van der Waals surface area contributed by atoms with E-state index in [4.69, 9.17) is 0 Å². The number of benzene rings is 1. The molecule has 2 aliphatic carbocycles. The minimum atomic E-state index is -0.360. The predicted molar refractivity (Wildman–Crippen MR) is 95.5 cm³/mol. The van der Waals surface area contributed by atoms with Crippen molar-refractivity contribution in [2.75, 3.05) is 5.32 Å². The van der Waals surface area contributed by atoms with Crippen molar-refractivity contribution in [3.63, 3.8) is 0 Å². The van der Waals surface area contributed by atoms with Crippen LogP contribution in [0.15, 0.2) is 24.3 Å². The number of carbonyl (C=O) groups excluding carboxylic acids is 2. The van der Waals surface area contributed by atoms with Crippen molar-refractivity contribution in [3.05, 3.63) is 30.1 Å². The fourth-order valence-corrected chi connectivity index (χ4v) is 3.99. The molecule has 0 atom stereocenters. The van der Waals surface area contributed by atoms with Gasteiger partial charge in [-0.15, -0.1) is 0 Å². The van der Waals surface area contributed by atoms with Gasteiger partial charge in [-0.1, -0.05) is 25.3 Å². The summed E-state index contributed by atoms with van der Waals surface area (Å²) in [4.78, 5) is 24.8. The Hall–Kier alpha value is -1.91. The highest BCUT2D eigenvalue weighted by Gasteiger charge is 2.31. The van der Waals surface area contributed by atoms with E-state index in [1.807, 2.05) is 0 Å². The van der Waals surface area contributed by atoms with Crippen LogP contribution in [0.25, 0.3) is 0 Å². The molecular formula is C20H27FN2O2. The van der Waals surface area contributed by atoms with E-state index in [1.165, 1.54) is 31.4 Å². The van der Waals surface area contributed by atoms with Crippen LogP contribution in [-0.2, 0) is 9.59 Å². The van der Waals surface area contributed by atoms with E-state index >= 15 is 0 Å². The molecule has 0 aromatic heterocycles. The highest BCUT2D eigenvalue weighted by molar-refractivity contribution is 5.92. The summed E-state index contributed by atoms with van der Waals surface area (Å²) in [7, 11) is 0. The molecule has 2 saturated carbocycles. The van der Waals surface area contributed by atoms with Crippen molar-refractivity contribution >= 4 is 17.5 Å². The van der Waals surface area contributed by atoms with E-state index in [2.05, 4.69) is 10.6 Å². The lowest BCUT2D eigenvalue weighted by molar-refractivity contribution is -0.129. The molecule has 5 heteroatoms. The highest BCUT2D eigenvalue weighted by atomic mass is 19.1. The van der Waals surface area contributed by atoms with Gasteiger partial charge in [-0.3, -0.25) is 9.59 Å². The summed E-state index contributed by atoms with van der Waals surface area (Å²) in [5, 5.41) is 5.98. The van der Waals surface area contributed by atoms with Gasteiger partial charge in [0.15, 0.2) is 0 Å². The quantitative estimate of drug-likeness (QED) is 0.865. The van der Waals surface area contributed by atoms with Crippen molar-refractivity contribution in [2.24, 2.45) is 11.8 Å². The zero-order chi connectivity index (χ0) is 17.6. The topological polar surface area (TPSA) is 58.2 Å². The summed E-state index contributed by atoms with van der Waals surface area (Å²) in [5.74, 6) is -0.337. The number of hydrogen-bond donors (Lipinski definition) is 2. The summed E-state index contributed by atoms with van der Waals surface area (Å²) in [6.07, 6.45) is 8.80. The Morgan fingerprint density at radius 1 is 0.880 bits per heavy atom. The van der Waals surface area contributed by atoms with Crippen LogP contribution < -0.4 is 10.6 Å². The molecule has 0 saturated heterocycles. The summed E-state index contributed by atoms with van der Waals surface area (Å²) in [5.41, 5.74) is 0.488. The Balaban J connectivity index is 1.44. The van der Waals surface area contributed by atoms with Gasteiger partial charge in [0.1, 0.15) is 5.82 Å². The predicted octanol–water partition coefficient (Wildman–Crippen LogP) is 4.02. The first-order chi connectivity index (χ1) is 12.1. The molecule has 3 rings (SSSR count). The first-order valence-corrected chi connectivity index (χ1v) is 9.48. The molecule has 2 fully saturated rings. The maximum Gasteiger partial charge on any atom is 0.227 e. The number of hydrogen-bond acceptors (Lipinski definition) is 2. The van der Waals surface area contributed by atoms with Crippen molar-refractivity contribution in [1.29, 1.82) is 0 Å². The molecule has 1 aromatic rings. The second-order valence-corrected chi connectivity index (χ2v) is 7.39. The monoisotopic (exact) mass is 346 g/mol. The molecule has 4 nitrogen and oxygen atoms in total. The minimum Gasteiger partial charge on any atom is -0.353 e. The van der Waals surface area contributed by atoms with Crippen LogP contribution in [0.1, 0.15) is 57.8 Å². The third-order valence-electron chi connectivity index (χ3n) is 5.51. The second kappa shape index (κ2) is 8.45. The molecule has 2 amide bonds. The van der Waals surface area contributed by atoms with Gasteiger partial charge in [0, 0.05) is 23.6 Å². The lowest BCUT2D eigenvalue weighted by atomic mass is 9.80. The van der Waals surface area contributed by atoms with Gasteiger partial charge in [0.05, 0.1) is 0 Å². The molecule has 0 heterocycles. The van der Waals surface area contributed by atoms with Gasteiger partial charge < -0.3 is 10.6 Å². The number of anilines is 1. The van der Waals surface area contributed by atoms with Crippen LogP contribution in [0.5, 0.6) is 0 Å². The molecule has 0 bridgehead atoms. The summed E-state index contributed by atoms with van der Waals surface area (Å²) >= 11 is 0. The number of carbonyl (C=O) groups is 2. The number of amides is 2. The molecule has 25 heavy (non-hydrogen) atoms. The Kier molecular flexibility index (Phi) is 6.05. The Morgan fingerprint density at radius 3 is 2.16 bits per heavy atom.